The summed E-state index contributed by atoms with van der Waals surface area (Å²) in [5.41, 5.74) is 9.24. The third kappa shape index (κ3) is 3.30. The average Bonchev–Trinajstić information content (AvgIpc) is 2.63. The number of amides is 1. The summed E-state index contributed by atoms with van der Waals surface area (Å²) in [6.45, 7) is 4.95. The fourth-order valence-corrected chi connectivity index (χ4v) is 3.02. The van der Waals surface area contributed by atoms with Crippen molar-refractivity contribution < 1.29 is 9.53 Å². The van der Waals surface area contributed by atoms with Crippen molar-refractivity contribution in [3.63, 3.8) is 0 Å². The number of ether oxygens (including phenoxy) is 1. The second kappa shape index (κ2) is 6.83. The van der Waals surface area contributed by atoms with Crippen molar-refractivity contribution in [3.8, 4) is 5.75 Å². The van der Waals surface area contributed by atoms with Gasteiger partial charge in [-0.3, -0.25) is 4.79 Å². The molecule has 0 radical (unpaired) electrons. The summed E-state index contributed by atoms with van der Waals surface area (Å²) in [7, 11) is 1.67. The van der Waals surface area contributed by atoms with Gasteiger partial charge in [0.2, 0.25) is 0 Å². The third-order valence-corrected chi connectivity index (χ3v) is 4.48. The van der Waals surface area contributed by atoms with Crippen LogP contribution >= 0.6 is 0 Å². The molecule has 2 N–H and O–H groups in total. The lowest BCUT2D eigenvalue weighted by Gasteiger charge is -2.36. The van der Waals surface area contributed by atoms with E-state index in [2.05, 4.69) is 11.0 Å². The van der Waals surface area contributed by atoms with Gasteiger partial charge in [-0.1, -0.05) is 12.1 Å². The van der Waals surface area contributed by atoms with E-state index in [9.17, 15) is 4.79 Å². The number of piperazine rings is 1. The number of hydrogen-bond donors (Lipinski definition) is 1. The van der Waals surface area contributed by atoms with Crippen molar-refractivity contribution in [3.05, 3.63) is 53.6 Å². The topological polar surface area (TPSA) is 58.8 Å². The molecule has 5 heteroatoms. The largest absolute Gasteiger partial charge is 0.497 e. The van der Waals surface area contributed by atoms with Gasteiger partial charge in [0.1, 0.15) is 5.75 Å². The molecule has 126 valence electrons. The lowest BCUT2D eigenvalue weighted by molar-refractivity contribution is 0.0746. The van der Waals surface area contributed by atoms with Gasteiger partial charge in [-0.15, -0.1) is 0 Å². The highest BCUT2D eigenvalue weighted by molar-refractivity contribution is 5.96. The minimum Gasteiger partial charge on any atom is -0.497 e. The van der Waals surface area contributed by atoms with Crippen LogP contribution in [0.5, 0.6) is 5.75 Å². The van der Waals surface area contributed by atoms with Gasteiger partial charge in [0.05, 0.1) is 7.11 Å². The number of methoxy groups -OCH3 is 1. The Kier molecular flexibility index (Phi) is 4.60. The molecule has 1 heterocycles. The molecule has 0 bridgehead atoms. The number of rotatable bonds is 3. The highest BCUT2D eigenvalue weighted by Gasteiger charge is 2.23. The first kappa shape index (κ1) is 16.2. The number of aryl methyl sites for hydroxylation is 1. The number of hydrogen-bond acceptors (Lipinski definition) is 4. The molecule has 0 saturated carbocycles. The van der Waals surface area contributed by atoms with E-state index in [0.717, 1.165) is 30.1 Å². The first-order valence-electron chi connectivity index (χ1n) is 8.13. The van der Waals surface area contributed by atoms with Crippen LogP contribution in [0.3, 0.4) is 0 Å². The van der Waals surface area contributed by atoms with Crippen LogP contribution in [0.4, 0.5) is 11.4 Å². The quantitative estimate of drug-likeness (QED) is 0.881. The summed E-state index contributed by atoms with van der Waals surface area (Å²) in [5, 5.41) is 0. The smallest absolute Gasteiger partial charge is 0.254 e. The zero-order chi connectivity index (χ0) is 17.1. The fourth-order valence-electron chi connectivity index (χ4n) is 3.02. The van der Waals surface area contributed by atoms with Crippen LogP contribution in [0.25, 0.3) is 0 Å². The number of carbonyl (C=O) groups excluding carboxylic acids is 1. The normalized spacial score (nSPS) is 14.6. The molecule has 3 rings (SSSR count). The number of carbonyl (C=O) groups is 1. The molecule has 1 fully saturated rings. The predicted octanol–water partition coefficient (Wildman–Crippen LogP) is 2.55. The third-order valence-electron chi connectivity index (χ3n) is 4.48. The number of nitrogens with zero attached hydrogens (tertiary/aromatic N) is 2. The highest BCUT2D eigenvalue weighted by Crippen LogP contribution is 2.23. The molecule has 0 unspecified atom stereocenters. The predicted molar refractivity (Wildman–Crippen MR) is 96.7 cm³/mol. The minimum absolute atomic E-state index is 0.0603. The van der Waals surface area contributed by atoms with Gasteiger partial charge in [0.15, 0.2) is 0 Å². The second-order valence-electron chi connectivity index (χ2n) is 6.06. The molecule has 2 aromatic rings. The van der Waals surface area contributed by atoms with Gasteiger partial charge in [-0.2, -0.15) is 0 Å². The molecule has 1 aliphatic rings. The lowest BCUT2D eigenvalue weighted by Crippen LogP contribution is -2.49. The van der Waals surface area contributed by atoms with Crippen molar-refractivity contribution >= 4 is 17.3 Å². The van der Waals surface area contributed by atoms with Gasteiger partial charge in [-0.25, -0.2) is 0 Å². The summed E-state index contributed by atoms with van der Waals surface area (Å²) in [6, 6.07) is 13.5. The van der Waals surface area contributed by atoms with Crippen molar-refractivity contribution in [2.75, 3.05) is 43.9 Å². The van der Waals surface area contributed by atoms with E-state index in [1.165, 1.54) is 0 Å². The first-order chi connectivity index (χ1) is 11.6. The Morgan fingerprint density at radius 1 is 1.08 bits per heavy atom. The molecule has 24 heavy (non-hydrogen) atoms. The van der Waals surface area contributed by atoms with E-state index in [0.29, 0.717) is 24.3 Å². The van der Waals surface area contributed by atoms with Crippen molar-refractivity contribution in [2.24, 2.45) is 0 Å². The summed E-state index contributed by atoms with van der Waals surface area (Å²) in [6.07, 6.45) is 0. The Labute approximate surface area is 142 Å². The van der Waals surface area contributed by atoms with Crippen LogP contribution in [0.15, 0.2) is 42.5 Å². The second-order valence-corrected chi connectivity index (χ2v) is 6.06. The maximum absolute atomic E-state index is 12.7. The van der Waals surface area contributed by atoms with E-state index in [1.807, 2.05) is 42.2 Å². The van der Waals surface area contributed by atoms with E-state index < -0.39 is 0 Å². The van der Waals surface area contributed by atoms with Crippen LogP contribution in [0.2, 0.25) is 0 Å². The van der Waals surface area contributed by atoms with Crippen LogP contribution in [0, 0.1) is 6.92 Å². The molecule has 1 aliphatic heterocycles. The van der Waals surface area contributed by atoms with E-state index in [1.54, 1.807) is 13.2 Å². The number of nitrogens with two attached hydrogens (primary N) is 1. The maximum Gasteiger partial charge on any atom is 0.254 e. The van der Waals surface area contributed by atoms with Gasteiger partial charge in [0.25, 0.3) is 5.91 Å². The Morgan fingerprint density at radius 2 is 1.83 bits per heavy atom. The summed E-state index contributed by atoms with van der Waals surface area (Å²) in [4.78, 5) is 16.9. The van der Waals surface area contributed by atoms with Crippen LogP contribution in [-0.4, -0.2) is 44.1 Å². The maximum atomic E-state index is 12.7. The monoisotopic (exact) mass is 325 g/mol. The average molecular weight is 325 g/mol. The molecule has 1 saturated heterocycles. The van der Waals surface area contributed by atoms with Gasteiger partial charge >= 0.3 is 0 Å². The molecule has 0 aromatic heterocycles. The van der Waals surface area contributed by atoms with Crippen LogP contribution < -0.4 is 15.4 Å². The van der Waals surface area contributed by atoms with Crippen molar-refractivity contribution in [1.29, 1.82) is 0 Å². The van der Waals surface area contributed by atoms with E-state index in [-0.39, 0.29) is 5.91 Å². The number of benzene rings is 2. The number of nitrogen functional groups attached to an aromatic ring is 1. The molecule has 5 nitrogen and oxygen atoms in total. The SMILES string of the molecule is COc1cccc(N2CCN(C(=O)c3cc(N)ccc3C)CC2)c1. The summed E-state index contributed by atoms with van der Waals surface area (Å²) < 4.78 is 5.28. The first-order valence-corrected chi connectivity index (χ1v) is 8.13. The summed E-state index contributed by atoms with van der Waals surface area (Å²) in [5.74, 6) is 0.909. The van der Waals surface area contributed by atoms with Crippen molar-refractivity contribution in [2.45, 2.75) is 6.92 Å². The van der Waals surface area contributed by atoms with E-state index in [4.69, 9.17) is 10.5 Å². The molecule has 1 amide bonds. The Morgan fingerprint density at radius 3 is 2.54 bits per heavy atom. The highest BCUT2D eigenvalue weighted by atomic mass is 16.5. The molecular formula is C19H23N3O2. The zero-order valence-corrected chi connectivity index (χ0v) is 14.2. The molecule has 0 aliphatic carbocycles. The van der Waals surface area contributed by atoms with Crippen molar-refractivity contribution in [1.82, 2.24) is 4.90 Å². The van der Waals surface area contributed by atoms with Gasteiger partial charge in [-0.05, 0) is 36.8 Å². The molecule has 0 atom stereocenters. The number of anilines is 2. The lowest BCUT2D eigenvalue weighted by atomic mass is 10.1. The van der Waals surface area contributed by atoms with Gasteiger partial charge < -0.3 is 20.3 Å². The minimum atomic E-state index is 0.0603. The zero-order valence-electron chi connectivity index (χ0n) is 14.2. The summed E-state index contributed by atoms with van der Waals surface area (Å²) >= 11 is 0. The fraction of sp³-hybridized carbons (Fsp3) is 0.316. The Bertz CT molecular complexity index is 737. The van der Waals surface area contributed by atoms with Gasteiger partial charge in [0, 0.05) is 49.2 Å². The van der Waals surface area contributed by atoms with E-state index >= 15 is 0 Å². The Hall–Kier alpha value is -2.69. The van der Waals surface area contributed by atoms with Crippen LogP contribution in [0.1, 0.15) is 15.9 Å². The molecule has 0 spiro atoms. The molecular weight excluding hydrogens is 302 g/mol. The molecule has 2 aromatic carbocycles. The standard InChI is InChI=1S/C19H23N3O2/c1-14-6-7-15(20)12-18(14)19(23)22-10-8-21(9-11-22)16-4-3-5-17(13-16)24-2/h3-7,12-13H,8-11,20H2,1-2H3. The van der Waals surface area contributed by atoms with Crippen LogP contribution in [-0.2, 0) is 0 Å². The Balaban J connectivity index is 1.68.